The molecule has 1 aromatic carbocycles. The average Bonchev–Trinajstić information content (AvgIpc) is 2.45. The summed E-state index contributed by atoms with van der Waals surface area (Å²) >= 11 is 0. The molecule has 0 aliphatic carbocycles. The minimum absolute atomic E-state index is 0.100. The Labute approximate surface area is 114 Å². The quantitative estimate of drug-likeness (QED) is 0.783. The molecule has 1 saturated heterocycles. The van der Waals surface area contributed by atoms with Crippen molar-refractivity contribution in [2.75, 3.05) is 18.0 Å². The van der Waals surface area contributed by atoms with Gasteiger partial charge < -0.3 is 9.69 Å². The molecule has 1 unspecified atom stereocenters. The van der Waals surface area contributed by atoms with Crippen LogP contribution in [0.4, 0.5) is 18.9 Å². The highest BCUT2D eigenvalue weighted by molar-refractivity contribution is 5.59. The molecule has 0 N–H and O–H groups in total. The number of nitrogens with zero attached hydrogens (tertiary/aromatic N) is 2. The van der Waals surface area contributed by atoms with Gasteiger partial charge in [0.1, 0.15) is 6.29 Å². The zero-order valence-electron chi connectivity index (χ0n) is 10.7. The normalized spacial score (nSPS) is 19.5. The van der Waals surface area contributed by atoms with Crippen LogP contribution in [0.5, 0.6) is 0 Å². The Morgan fingerprint density at radius 1 is 1.40 bits per heavy atom. The van der Waals surface area contributed by atoms with E-state index < -0.39 is 11.7 Å². The van der Waals surface area contributed by atoms with E-state index in [0.717, 1.165) is 25.2 Å². The number of carbonyl (C=O) groups excluding carboxylic acids is 1. The molecule has 2 rings (SSSR count). The van der Waals surface area contributed by atoms with Crippen molar-refractivity contribution in [2.45, 2.75) is 19.0 Å². The number of rotatable bonds is 2. The highest BCUT2D eigenvalue weighted by atomic mass is 19.4. The van der Waals surface area contributed by atoms with Crippen molar-refractivity contribution >= 4 is 12.0 Å². The molecule has 0 bridgehead atoms. The first-order chi connectivity index (χ1) is 9.45. The third-order valence-corrected chi connectivity index (χ3v) is 3.44. The lowest BCUT2D eigenvalue weighted by molar-refractivity contribution is -0.137. The maximum Gasteiger partial charge on any atom is 0.417 e. The van der Waals surface area contributed by atoms with Crippen molar-refractivity contribution in [1.82, 2.24) is 0 Å². The zero-order valence-corrected chi connectivity index (χ0v) is 10.7. The van der Waals surface area contributed by atoms with E-state index in [1.54, 1.807) is 6.07 Å². The van der Waals surface area contributed by atoms with E-state index in [0.29, 0.717) is 18.8 Å². The molecule has 1 aliphatic heterocycles. The molecular formula is C14H13F3N2O. The molecule has 1 fully saturated rings. The van der Waals surface area contributed by atoms with Gasteiger partial charge in [-0.1, -0.05) is 0 Å². The van der Waals surface area contributed by atoms with E-state index in [-0.39, 0.29) is 11.5 Å². The summed E-state index contributed by atoms with van der Waals surface area (Å²) in [5, 5.41) is 8.88. The van der Waals surface area contributed by atoms with Gasteiger partial charge >= 0.3 is 6.18 Å². The molecular weight excluding hydrogens is 269 g/mol. The van der Waals surface area contributed by atoms with Crippen LogP contribution in [0.1, 0.15) is 24.0 Å². The van der Waals surface area contributed by atoms with Gasteiger partial charge in [0.25, 0.3) is 0 Å². The van der Waals surface area contributed by atoms with E-state index in [9.17, 15) is 18.0 Å². The van der Waals surface area contributed by atoms with Crippen LogP contribution in [0.3, 0.4) is 0 Å². The van der Waals surface area contributed by atoms with Crippen LogP contribution >= 0.6 is 0 Å². The van der Waals surface area contributed by atoms with Gasteiger partial charge in [-0.05, 0) is 31.0 Å². The number of alkyl halides is 3. The lowest BCUT2D eigenvalue weighted by Gasteiger charge is -2.32. The first-order valence-electron chi connectivity index (χ1n) is 6.27. The number of nitriles is 1. The van der Waals surface area contributed by atoms with Crippen molar-refractivity contribution < 1.29 is 18.0 Å². The van der Waals surface area contributed by atoms with Gasteiger partial charge in [-0.25, -0.2) is 0 Å². The van der Waals surface area contributed by atoms with Gasteiger partial charge in [0, 0.05) is 24.7 Å². The molecule has 0 aromatic heterocycles. The third-order valence-electron chi connectivity index (χ3n) is 3.44. The summed E-state index contributed by atoms with van der Waals surface area (Å²) in [7, 11) is 0. The lowest BCUT2D eigenvalue weighted by atomic mass is 9.98. The molecule has 1 heterocycles. The van der Waals surface area contributed by atoms with Crippen LogP contribution in [0.2, 0.25) is 0 Å². The van der Waals surface area contributed by atoms with Crippen molar-refractivity contribution in [3.63, 3.8) is 0 Å². The SMILES string of the molecule is N#Cc1cc(N2CCCC(C=O)C2)ccc1C(F)(F)F. The van der Waals surface area contributed by atoms with Gasteiger partial charge in [-0.2, -0.15) is 18.4 Å². The number of piperidine rings is 1. The predicted octanol–water partition coefficient (Wildman–Crippen LogP) is 2.99. The highest BCUT2D eigenvalue weighted by Crippen LogP contribution is 2.34. The first kappa shape index (κ1) is 14.4. The Balaban J connectivity index is 2.30. The minimum Gasteiger partial charge on any atom is -0.371 e. The van der Waals surface area contributed by atoms with Crippen molar-refractivity contribution in [1.29, 1.82) is 5.26 Å². The Morgan fingerprint density at radius 3 is 2.75 bits per heavy atom. The average molecular weight is 282 g/mol. The molecule has 1 atom stereocenters. The van der Waals surface area contributed by atoms with E-state index in [4.69, 9.17) is 5.26 Å². The number of carbonyl (C=O) groups is 1. The number of aldehydes is 1. The maximum atomic E-state index is 12.7. The Hall–Kier alpha value is -2.03. The summed E-state index contributed by atoms with van der Waals surface area (Å²) in [6.45, 7) is 1.17. The Bertz CT molecular complexity index is 548. The van der Waals surface area contributed by atoms with Crippen molar-refractivity contribution in [3.05, 3.63) is 29.3 Å². The molecule has 0 amide bonds. The minimum atomic E-state index is -4.53. The molecule has 0 radical (unpaired) electrons. The van der Waals surface area contributed by atoms with Crippen molar-refractivity contribution in [3.8, 4) is 6.07 Å². The van der Waals surface area contributed by atoms with Gasteiger partial charge in [0.2, 0.25) is 0 Å². The van der Waals surface area contributed by atoms with E-state index in [2.05, 4.69) is 0 Å². The summed E-state index contributed by atoms with van der Waals surface area (Å²) in [6, 6.07) is 5.12. The van der Waals surface area contributed by atoms with Gasteiger partial charge in [-0.3, -0.25) is 0 Å². The summed E-state index contributed by atoms with van der Waals surface area (Å²) in [5.41, 5.74) is -0.753. The molecule has 20 heavy (non-hydrogen) atoms. The number of halogens is 3. The molecule has 3 nitrogen and oxygen atoms in total. The van der Waals surface area contributed by atoms with Gasteiger partial charge in [0.15, 0.2) is 0 Å². The Kier molecular flexibility index (Phi) is 3.98. The van der Waals surface area contributed by atoms with Crippen LogP contribution in [-0.2, 0) is 11.0 Å². The van der Waals surface area contributed by atoms with Crippen LogP contribution in [0.25, 0.3) is 0 Å². The maximum absolute atomic E-state index is 12.7. The van der Waals surface area contributed by atoms with Crippen molar-refractivity contribution in [2.24, 2.45) is 5.92 Å². The van der Waals surface area contributed by atoms with E-state index in [1.165, 1.54) is 12.1 Å². The van der Waals surface area contributed by atoms with E-state index in [1.807, 2.05) is 4.90 Å². The van der Waals surface area contributed by atoms with Gasteiger partial charge in [0.05, 0.1) is 17.2 Å². The topological polar surface area (TPSA) is 44.1 Å². The molecule has 0 spiro atoms. The number of hydrogen-bond donors (Lipinski definition) is 0. The summed E-state index contributed by atoms with van der Waals surface area (Å²) in [5.74, 6) is -0.100. The summed E-state index contributed by atoms with van der Waals surface area (Å²) in [6.07, 6.45) is -2.05. The first-order valence-corrected chi connectivity index (χ1v) is 6.27. The van der Waals surface area contributed by atoms with Crippen LogP contribution in [0, 0.1) is 17.2 Å². The summed E-state index contributed by atoms with van der Waals surface area (Å²) < 4.78 is 38.1. The monoisotopic (exact) mass is 282 g/mol. The summed E-state index contributed by atoms with van der Waals surface area (Å²) in [4.78, 5) is 12.7. The fourth-order valence-electron chi connectivity index (χ4n) is 2.42. The molecule has 6 heteroatoms. The number of benzene rings is 1. The zero-order chi connectivity index (χ0) is 14.8. The van der Waals surface area contributed by atoms with Crippen LogP contribution in [-0.4, -0.2) is 19.4 Å². The second-order valence-corrected chi connectivity index (χ2v) is 4.82. The lowest BCUT2D eigenvalue weighted by Crippen LogP contribution is -2.36. The molecule has 106 valence electrons. The largest absolute Gasteiger partial charge is 0.417 e. The smallest absolute Gasteiger partial charge is 0.371 e. The molecule has 0 saturated carbocycles. The third kappa shape index (κ3) is 2.93. The van der Waals surface area contributed by atoms with E-state index >= 15 is 0 Å². The highest BCUT2D eigenvalue weighted by Gasteiger charge is 2.34. The number of anilines is 1. The fraction of sp³-hybridized carbons (Fsp3) is 0.429. The van der Waals surface area contributed by atoms with Crippen LogP contribution < -0.4 is 4.90 Å². The van der Waals surface area contributed by atoms with Gasteiger partial charge in [-0.15, -0.1) is 0 Å². The Morgan fingerprint density at radius 2 is 2.15 bits per heavy atom. The second-order valence-electron chi connectivity index (χ2n) is 4.82. The predicted molar refractivity (Wildman–Crippen MR) is 67.2 cm³/mol. The molecule has 1 aliphatic rings. The number of hydrogen-bond acceptors (Lipinski definition) is 3. The standard InChI is InChI=1S/C14H13F3N2O/c15-14(16,17)13-4-3-12(6-11(13)7-18)19-5-1-2-10(8-19)9-20/h3-4,6,9-10H,1-2,5,8H2. The second kappa shape index (κ2) is 5.53. The van der Waals surface area contributed by atoms with Crippen LogP contribution in [0.15, 0.2) is 18.2 Å². The molecule has 1 aromatic rings. The fourth-order valence-corrected chi connectivity index (χ4v) is 2.42.